The smallest absolute Gasteiger partial charge is 0.191 e. The predicted molar refractivity (Wildman–Crippen MR) is 107 cm³/mol. The van der Waals surface area contributed by atoms with E-state index in [9.17, 15) is 0 Å². The van der Waals surface area contributed by atoms with Gasteiger partial charge >= 0.3 is 0 Å². The molecule has 0 aromatic carbocycles. The predicted octanol–water partition coefficient (Wildman–Crippen LogP) is 2.93. The van der Waals surface area contributed by atoms with Crippen LogP contribution in [0, 0.1) is 6.92 Å². The molecule has 1 aromatic rings. The minimum Gasteiger partial charge on any atom is -0.381 e. The Hall–Kier alpha value is -0.380. The zero-order valence-corrected chi connectivity index (χ0v) is 17.1. The van der Waals surface area contributed by atoms with Crippen LogP contribution in [0.5, 0.6) is 0 Å². The van der Waals surface area contributed by atoms with Crippen molar-refractivity contribution in [1.29, 1.82) is 0 Å². The number of nitrogens with zero attached hydrogens (tertiary/aromatic N) is 1. The molecule has 1 fully saturated rings. The number of ether oxygens (including phenoxy) is 2. The highest BCUT2D eigenvalue weighted by atomic mass is 127. The second-order valence-corrected chi connectivity index (χ2v) is 6.42. The first-order valence-corrected chi connectivity index (χ1v) is 8.84. The molecule has 1 saturated heterocycles. The molecule has 2 heterocycles. The molecule has 2 N–H and O–H groups in total. The number of guanidine groups is 1. The highest BCUT2D eigenvalue weighted by molar-refractivity contribution is 14.0. The molecule has 1 aliphatic heterocycles. The first kappa shape index (κ1) is 20.7. The minimum atomic E-state index is 0. The van der Waals surface area contributed by atoms with E-state index in [1.807, 2.05) is 0 Å². The van der Waals surface area contributed by atoms with Gasteiger partial charge in [0.1, 0.15) is 0 Å². The van der Waals surface area contributed by atoms with E-state index in [-0.39, 0.29) is 24.0 Å². The van der Waals surface area contributed by atoms with Crippen molar-refractivity contribution in [1.82, 2.24) is 10.6 Å². The van der Waals surface area contributed by atoms with Crippen LogP contribution in [-0.4, -0.2) is 45.5 Å². The number of hydrogen-bond acceptors (Lipinski definition) is 4. The van der Waals surface area contributed by atoms with Crippen LogP contribution in [0.3, 0.4) is 0 Å². The lowest BCUT2D eigenvalue weighted by Crippen LogP contribution is -2.37. The molecule has 0 aliphatic carbocycles. The van der Waals surface area contributed by atoms with Gasteiger partial charge in [-0.05, 0) is 43.2 Å². The maximum Gasteiger partial charge on any atom is 0.191 e. The van der Waals surface area contributed by atoms with Crippen LogP contribution in [0.4, 0.5) is 0 Å². The van der Waals surface area contributed by atoms with Crippen molar-refractivity contribution in [3.63, 3.8) is 0 Å². The fourth-order valence-corrected chi connectivity index (χ4v) is 3.19. The topological polar surface area (TPSA) is 54.9 Å². The normalized spacial score (nSPS) is 16.0. The summed E-state index contributed by atoms with van der Waals surface area (Å²) in [5.74, 6) is 0.846. The van der Waals surface area contributed by atoms with E-state index in [4.69, 9.17) is 9.47 Å². The van der Waals surface area contributed by atoms with E-state index in [1.165, 1.54) is 10.4 Å². The van der Waals surface area contributed by atoms with Crippen LogP contribution in [0.15, 0.2) is 16.4 Å². The Morgan fingerprint density at radius 3 is 2.83 bits per heavy atom. The van der Waals surface area contributed by atoms with Crippen LogP contribution >= 0.6 is 35.3 Å². The molecule has 0 radical (unpaired) electrons. The van der Waals surface area contributed by atoms with Gasteiger partial charge in [0.25, 0.3) is 0 Å². The average molecular weight is 453 g/mol. The largest absolute Gasteiger partial charge is 0.381 e. The Morgan fingerprint density at radius 2 is 2.17 bits per heavy atom. The van der Waals surface area contributed by atoms with Crippen LogP contribution in [0.1, 0.15) is 29.7 Å². The van der Waals surface area contributed by atoms with Crippen LogP contribution in [0.2, 0.25) is 0 Å². The van der Waals surface area contributed by atoms with Gasteiger partial charge < -0.3 is 20.1 Å². The number of halogens is 1. The summed E-state index contributed by atoms with van der Waals surface area (Å²) in [5, 5.41) is 8.79. The van der Waals surface area contributed by atoms with E-state index in [2.05, 4.69) is 34.0 Å². The van der Waals surface area contributed by atoms with E-state index >= 15 is 0 Å². The lowest BCUT2D eigenvalue weighted by atomic mass is 10.1. The summed E-state index contributed by atoms with van der Waals surface area (Å²) >= 11 is 1.77. The summed E-state index contributed by atoms with van der Waals surface area (Å²) in [6, 6.07) is 2.14. The molecule has 0 bridgehead atoms. The van der Waals surface area contributed by atoms with E-state index in [0.29, 0.717) is 6.10 Å². The van der Waals surface area contributed by atoms with Gasteiger partial charge in [0.15, 0.2) is 5.96 Å². The summed E-state index contributed by atoms with van der Waals surface area (Å²) in [6.07, 6.45) is 3.41. The zero-order chi connectivity index (χ0) is 15.6. The van der Waals surface area contributed by atoms with Gasteiger partial charge in [-0.2, -0.15) is 0 Å². The molecule has 23 heavy (non-hydrogen) atoms. The fourth-order valence-electron chi connectivity index (χ4n) is 2.34. The Morgan fingerprint density at radius 1 is 1.39 bits per heavy atom. The molecular formula is C16H28IN3O2S. The second-order valence-electron chi connectivity index (χ2n) is 5.42. The van der Waals surface area contributed by atoms with Gasteiger partial charge in [-0.3, -0.25) is 4.99 Å². The Kier molecular flexibility index (Phi) is 10.8. The zero-order valence-electron chi connectivity index (χ0n) is 14.0. The third-order valence-electron chi connectivity index (χ3n) is 3.74. The number of aliphatic imine (C=N–C) groups is 1. The van der Waals surface area contributed by atoms with Crippen molar-refractivity contribution in [2.75, 3.05) is 33.4 Å². The first-order valence-electron chi connectivity index (χ1n) is 7.96. The van der Waals surface area contributed by atoms with E-state index in [1.54, 1.807) is 18.4 Å². The molecule has 5 nitrogen and oxygen atoms in total. The first-order chi connectivity index (χ1) is 10.8. The third kappa shape index (κ3) is 7.82. The molecule has 0 atom stereocenters. The molecule has 0 unspecified atom stereocenters. The number of nitrogens with one attached hydrogen (secondary N) is 2. The molecule has 2 rings (SSSR count). The van der Waals surface area contributed by atoms with E-state index in [0.717, 1.165) is 58.1 Å². The minimum absolute atomic E-state index is 0. The monoisotopic (exact) mass is 453 g/mol. The molecule has 1 aromatic heterocycles. The molecule has 132 valence electrons. The van der Waals surface area contributed by atoms with Crippen molar-refractivity contribution in [2.45, 2.75) is 38.8 Å². The van der Waals surface area contributed by atoms with Crippen molar-refractivity contribution < 1.29 is 9.47 Å². The van der Waals surface area contributed by atoms with Gasteiger partial charge in [0.05, 0.1) is 12.6 Å². The quantitative estimate of drug-likeness (QED) is 0.289. The van der Waals surface area contributed by atoms with Crippen molar-refractivity contribution in [3.05, 3.63) is 21.9 Å². The van der Waals surface area contributed by atoms with Crippen LogP contribution in [0.25, 0.3) is 0 Å². The maximum atomic E-state index is 5.85. The fraction of sp³-hybridized carbons (Fsp3) is 0.688. The Bertz CT molecular complexity index is 462. The second kappa shape index (κ2) is 12.0. The molecule has 0 spiro atoms. The van der Waals surface area contributed by atoms with Gasteiger partial charge in [0, 0.05) is 38.3 Å². The average Bonchev–Trinajstić information content (AvgIpc) is 2.96. The Balaban J connectivity index is 0.00000264. The Labute approximate surface area is 160 Å². The lowest BCUT2D eigenvalue weighted by molar-refractivity contribution is -0.0320. The molecule has 0 amide bonds. The number of hydrogen-bond donors (Lipinski definition) is 2. The highest BCUT2D eigenvalue weighted by Gasteiger charge is 2.13. The number of aryl methyl sites for hydroxylation is 1. The van der Waals surface area contributed by atoms with Gasteiger partial charge in [-0.15, -0.1) is 35.3 Å². The summed E-state index contributed by atoms with van der Waals surface area (Å²) in [7, 11) is 1.80. The standard InChI is InChI=1S/C16H27N3O2S.HI/c1-13-6-11-22-15(13)12-19-16(17-2)18-7-3-8-21-14-4-9-20-10-5-14;/h6,11,14H,3-5,7-10,12H2,1-2H3,(H2,17,18,19);1H. The third-order valence-corrected chi connectivity index (χ3v) is 4.77. The lowest BCUT2D eigenvalue weighted by Gasteiger charge is -2.22. The van der Waals surface area contributed by atoms with Gasteiger partial charge in [-0.1, -0.05) is 0 Å². The molecule has 1 aliphatic rings. The van der Waals surface area contributed by atoms with Crippen molar-refractivity contribution >= 4 is 41.3 Å². The summed E-state index contributed by atoms with van der Waals surface area (Å²) in [6.45, 7) is 6.29. The molecule has 0 saturated carbocycles. The van der Waals surface area contributed by atoms with Gasteiger partial charge in [0.2, 0.25) is 0 Å². The summed E-state index contributed by atoms with van der Waals surface area (Å²) in [5.41, 5.74) is 1.33. The highest BCUT2D eigenvalue weighted by Crippen LogP contribution is 2.14. The summed E-state index contributed by atoms with van der Waals surface area (Å²) in [4.78, 5) is 5.60. The van der Waals surface area contributed by atoms with Gasteiger partial charge in [-0.25, -0.2) is 0 Å². The number of rotatable bonds is 7. The SMILES string of the molecule is CN=C(NCCCOC1CCOCC1)NCc1sccc1C.I. The summed E-state index contributed by atoms with van der Waals surface area (Å²) < 4.78 is 11.2. The number of thiophene rings is 1. The van der Waals surface area contributed by atoms with Crippen molar-refractivity contribution in [3.8, 4) is 0 Å². The van der Waals surface area contributed by atoms with Crippen LogP contribution in [-0.2, 0) is 16.0 Å². The maximum absolute atomic E-state index is 5.85. The molecular weight excluding hydrogens is 425 g/mol. The molecule has 7 heteroatoms. The van der Waals surface area contributed by atoms with Crippen LogP contribution < -0.4 is 10.6 Å². The van der Waals surface area contributed by atoms with E-state index < -0.39 is 0 Å². The van der Waals surface area contributed by atoms with Crippen molar-refractivity contribution in [2.24, 2.45) is 4.99 Å².